The molecule has 1 aromatic carbocycles. The fourth-order valence-corrected chi connectivity index (χ4v) is 2.13. The molecule has 0 aliphatic carbocycles. The summed E-state index contributed by atoms with van der Waals surface area (Å²) in [6.45, 7) is 2.93. The Morgan fingerprint density at radius 1 is 1.56 bits per heavy atom. The van der Waals surface area contributed by atoms with Gasteiger partial charge in [-0.2, -0.15) is 0 Å². The van der Waals surface area contributed by atoms with Gasteiger partial charge in [-0.1, -0.05) is 12.1 Å². The predicted octanol–water partition coefficient (Wildman–Crippen LogP) is 1.44. The van der Waals surface area contributed by atoms with Crippen LogP contribution in [0.3, 0.4) is 0 Å². The lowest BCUT2D eigenvalue weighted by atomic mass is 9.99. The summed E-state index contributed by atoms with van der Waals surface area (Å²) >= 11 is 0. The van der Waals surface area contributed by atoms with E-state index < -0.39 is 6.04 Å². The molecule has 0 radical (unpaired) electrons. The van der Waals surface area contributed by atoms with Crippen molar-refractivity contribution in [2.75, 3.05) is 13.2 Å². The van der Waals surface area contributed by atoms with Gasteiger partial charge in [0.15, 0.2) is 0 Å². The van der Waals surface area contributed by atoms with Gasteiger partial charge in [-0.25, -0.2) is 0 Å². The summed E-state index contributed by atoms with van der Waals surface area (Å²) in [4.78, 5) is 11.5. The Balaban J connectivity index is 2.03. The van der Waals surface area contributed by atoms with Gasteiger partial charge in [0.2, 0.25) is 0 Å². The molecule has 0 amide bonds. The van der Waals surface area contributed by atoms with Crippen molar-refractivity contribution in [3.8, 4) is 5.75 Å². The van der Waals surface area contributed by atoms with Gasteiger partial charge in [0.1, 0.15) is 11.8 Å². The maximum absolute atomic E-state index is 11.5. The third-order valence-corrected chi connectivity index (χ3v) is 3.02. The number of ether oxygens (including phenoxy) is 2. The monoisotopic (exact) mass is 249 g/mol. The lowest BCUT2D eigenvalue weighted by molar-refractivity contribution is -0.144. The summed E-state index contributed by atoms with van der Waals surface area (Å²) in [6, 6.07) is 5.41. The topological polar surface area (TPSA) is 61.5 Å². The number of hydrogen-bond acceptors (Lipinski definition) is 4. The van der Waals surface area contributed by atoms with E-state index in [0.717, 1.165) is 30.8 Å². The zero-order valence-corrected chi connectivity index (χ0v) is 10.6. The van der Waals surface area contributed by atoms with E-state index in [2.05, 4.69) is 6.07 Å². The third kappa shape index (κ3) is 3.01. The second-order valence-corrected chi connectivity index (χ2v) is 4.46. The van der Waals surface area contributed by atoms with Gasteiger partial charge in [0, 0.05) is 0 Å². The SMILES string of the molecule is CCOC(=O)C(N)Cc1ccc2c(c1)CCCO2. The number of nitrogens with two attached hydrogens (primary N) is 1. The highest BCUT2D eigenvalue weighted by molar-refractivity contribution is 5.75. The third-order valence-electron chi connectivity index (χ3n) is 3.02. The molecule has 4 nitrogen and oxygen atoms in total. The fraction of sp³-hybridized carbons (Fsp3) is 0.500. The number of esters is 1. The summed E-state index contributed by atoms with van der Waals surface area (Å²) in [7, 11) is 0. The van der Waals surface area contributed by atoms with Crippen molar-refractivity contribution in [2.45, 2.75) is 32.2 Å². The molecule has 18 heavy (non-hydrogen) atoms. The summed E-state index contributed by atoms with van der Waals surface area (Å²) in [5.74, 6) is 0.612. The zero-order chi connectivity index (χ0) is 13.0. The maximum atomic E-state index is 11.5. The molecule has 4 heteroatoms. The largest absolute Gasteiger partial charge is 0.493 e. The van der Waals surface area contributed by atoms with Gasteiger partial charge in [-0.3, -0.25) is 4.79 Å². The highest BCUT2D eigenvalue weighted by Crippen LogP contribution is 2.25. The molecule has 98 valence electrons. The number of carbonyl (C=O) groups is 1. The molecular weight excluding hydrogens is 230 g/mol. The Hall–Kier alpha value is -1.55. The average molecular weight is 249 g/mol. The van der Waals surface area contributed by atoms with E-state index in [1.54, 1.807) is 6.92 Å². The Morgan fingerprint density at radius 3 is 3.17 bits per heavy atom. The number of aryl methyl sites for hydroxylation is 1. The van der Waals surface area contributed by atoms with Gasteiger partial charge < -0.3 is 15.2 Å². The van der Waals surface area contributed by atoms with Crippen molar-refractivity contribution in [2.24, 2.45) is 5.73 Å². The van der Waals surface area contributed by atoms with Gasteiger partial charge >= 0.3 is 5.97 Å². The first-order valence-electron chi connectivity index (χ1n) is 6.37. The number of carbonyl (C=O) groups excluding carboxylic acids is 1. The minimum absolute atomic E-state index is 0.341. The Morgan fingerprint density at radius 2 is 2.39 bits per heavy atom. The molecule has 0 saturated heterocycles. The van der Waals surface area contributed by atoms with Crippen LogP contribution < -0.4 is 10.5 Å². The number of hydrogen-bond donors (Lipinski definition) is 1. The molecule has 1 aromatic rings. The van der Waals surface area contributed by atoms with Crippen LogP contribution in [0.2, 0.25) is 0 Å². The van der Waals surface area contributed by atoms with E-state index in [9.17, 15) is 4.79 Å². The van der Waals surface area contributed by atoms with Crippen LogP contribution in [0.25, 0.3) is 0 Å². The Labute approximate surface area is 107 Å². The molecule has 1 aliphatic heterocycles. The molecule has 0 bridgehead atoms. The normalized spacial score (nSPS) is 15.4. The van der Waals surface area contributed by atoms with Crippen LogP contribution in [-0.4, -0.2) is 25.2 Å². The van der Waals surface area contributed by atoms with Gasteiger partial charge in [-0.15, -0.1) is 0 Å². The summed E-state index contributed by atoms with van der Waals surface area (Å²) in [5, 5.41) is 0. The first-order valence-corrected chi connectivity index (χ1v) is 6.37. The standard InChI is InChI=1S/C14H19NO3/c1-2-17-14(16)12(15)9-10-5-6-13-11(8-10)4-3-7-18-13/h5-6,8,12H,2-4,7,9,15H2,1H3. The van der Waals surface area contributed by atoms with Crippen LogP contribution in [-0.2, 0) is 22.4 Å². The summed E-state index contributed by atoms with van der Waals surface area (Å²) in [5.41, 5.74) is 8.06. The van der Waals surface area contributed by atoms with E-state index in [1.165, 1.54) is 5.56 Å². The fourth-order valence-electron chi connectivity index (χ4n) is 2.13. The van der Waals surface area contributed by atoms with E-state index >= 15 is 0 Å². The highest BCUT2D eigenvalue weighted by atomic mass is 16.5. The van der Waals surface area contributed by atoms with Crippen molar-refractivity contribution in [3.63, 3.8) is 0 Å². The van der Waals surface area contributed by atoms with Crippen LogP contribution >= 0.6 is 0 Å². The van der Waals surface area contributed by atoms with Gasteiger partial charge in [0.05, 0.1) is 13.2 Å². The second kappa shape index (κ2) is 5.87. The first kappa shape index (κ1) is 12.9. The zero-order valence-electron chi connectivity index (χ0n) is 10.6. The second-order valence-electron chi connectivity index (χ2n) is 4.46. The molecule has 1 heterocycles. The number of rotatable bonds is 4. The lowest BCUT2D eigenvalue weighted by Gasteiger charge is -2.18. The minimum atomic E-state index is -0.590. The van der Waals surface area contributed by atoms with E-state index in [1.807, 2.05) is 12.1 Å². The number of fused-ring (bicyclic) bond motifs is 1. The molecule has 0 fully saturated rings. The van der Waals surface area contributed by atoms with Crippen LogP contribution in [0.15, 0.2) is 18.2 Å². The van der Waals surface area contributed by atoms with Crippen molar-refractivity contribution in [1.82, 2.24) is 0 Å². The van der Waals surface area contributed by atoms with Crippen molar-refractivity contribution in [3.05, 3.63) is 29.3 Å². The van der Waals surface area contributed by atoms with Crippen LogP contribution in [0, 0.1) is 0 Å². The molecule has 0 aromatic heterocycles. The Bertz CT molecular complexity index is 431. The molecule has 0 spiro atoms. The molecule has 0 saturated carbocycles. The van der Waals surface area contributed by atoms with E-state index in [4.69, 9.17) is 15.2 Å². The predicted molar refractivity (Wildman–Crippen MR) is 68.6 cm³/mol. The van der Waals surface area contributed by atoms with Crippen LogP contribution in [0.4, 0.5) is 0 Å². The smallest absolute Gasteiger partial charge is 0.323 e. The molecule has 2 rings (SSSR count). The molecule has 1 atom stereocenters. The quantitative estimate of drug-likeness (QED) is 0.820. The lowest BCUT2D eigenvalue weighted by Crippen LogP contribution is -2.34. The van der Waals surface area contributed by atoms with Crippen molar-refractivity contribution < 1.29 is 14.3 Å². The molecule has 1 aliphatic rings. The maximum Gasteiger partial charge on any atom is 0.323 e. The van der Waals surface area contributed by atoms with E-state index in [-0.39, 0.29) is 5.97 Å². The first-order chi connectivity index (χ1) is 8.70. The van der Waals surface area contributed by atoms with Crippen LogP contribution in [0.5, 0.6) is 5.75 Å². The molecule has 1 unspecified atom stereocenters. The Kier molecular flexibility index (Phi) is 4.20. The number of benzene rings is 1. The van der Waals surface area contributed by atoms with E-state index in [0.29, 0.717) is 13.0 Å². The molecular formula is C14H19NO3. The van der Waals surface area contributed by atoms with Crippen LogP contribution in [0.1, 0.15) is 24.5 Å². The summed E-state index contributed by atoms with van der Waals surface area (Å²) in [6.07, 6.45) is 2.57. The summed E-state index contributed by atoms with van der Waals surface area (Å²) < 4.78 is 10.4. The van der Waals surface area contributed by atoms with Gasteiger partial charge in [0.25, 0.3) is 0 Å². The molecule has 2 N–H and O–H groups in total. The van der Waals surface area contributed by atoms with Crippen molar-refractivity contribution in [1.29, 1.82) is 0 Å². The minimum Gasteiger partial charge on any atom is -0.493 e. The average Bonchev–Trinajstić information content (AvgIpc) is 2.39. The van der Waals surface area contributed by atoms with Gasteiger partial charge in [-0.05, 0) is 43.4 Å². The highest BCUT2D eigenvalue weighted by Gasteiger charge is 2.17. The van der Waals surface area contributed by atoms with Crippen molar-refractivity contribution >= 4 is 5.97 Å².